The Morgan fingerprint density at radius 1 is 1.18 bits per heavy atom. The number of benzene rings is 1. The van der Waals surface area contributed by atoms with E-state index in [0.29, 0.717) is 6.54 Å². The molecule has 1 fully saturated rings. The molecule has 1 aliphatic heterocycles. The van der Waals surface area contributed by atoms with Crippen molar-refractivity contribution in [2.45, 2.75) is 6.54 Å². The Morgan fingerprint density at radius 3 is 2.79 bits per heavy atom. The number of carbonyl (C=O) groups excluding carboxylic acids is 1. The van der Waals surface area contributed by atoms with Crippen molar-refractivity contribution in [1.29, 1.82) is 0 Å². The van der Waals surface area contributed by atoms with Crippen LogP contribution in [0.5, 0.6) is 0 Å². The number of morpholine rings is 1. The van der Waals surface area contributed by atoms with Crippen LogP contribution in [0.25, 0.3) is 0 Å². The fourth-order valence-corrected chi connectivity index (χ4v) is 2.92. The number of nitrogens with one attached hydrogen (secondary N) is 3. The van der Waals surface area contributed by atoms with Crippen LogP contribution in [0, 0.1) is 0 Å². The van der Waals surface area contributed by atoms with Gasteiger partial charge in [-0.05, 0) is 29.8 Å². The van der Waals surface area contributed by atoms with Crippen molar-refractivity contribution in [3.63, 3.8) is 0 Å². The molecule has 0 spiro atoms. The van der Waals surface area contributed by atoms with E-state index < -0.39 is 0 Å². The smallest absolute Gasteiger partial charge is 0.291 e. The third kappa shape index (κ3) is 6.11. The maximum absolute atomic E-state index is 12.1. The third-order valence-electron chi connectivity index (χ3n) is 4.44. The molecule has 150 valence electrons. The van der Waals surface area contributed by atoms with E-state index in [-0.39, 0.29) is 11.7 Å². The molecule has 28 heavy (non-hydrogen) atoms. The van der Waals surface area contributed by atoms with Crippen LogP contribution in [0.3, 0.4) is 0 Å². The molecule has 2 aromatic rings. The Balaban J connectivity index is 1.44. The number of hydrogen-bond donors (Lipinski definition) is 3. The topological polar surface area (TPSA) is 91.1 Å². The van der Waals surface area contributed by atoms with Crippen LogP contribution in [0.4, 0.5) is 5.69 Å². The number of ether oxygens (including phenoxy) is 1. The lowest BCUT2D eigenvalue weighted by molar-refractivity contribution is 0.0389. The molecule has 1 aromatic carbocycles. The summed E-state index contributed by atoms with van der Waals surface area (Å²) in [5.41, 5.74) is 1.75. The van der Waals surface area contributed by atoms with Gasteiger partial charge in [-0.1, -0.05) is 12.1 Å². The van der Waals surface area contributed by atoms with Crippen molar-refractivity contribution in [2.24, 2.45) is 4.99 Å². The van der Waals surface area contributed by atoms with Crippen LogP contribution in [0.15, 0.2) is 52.1 Å². The van der Waals surface area contributed by atoms with Gasteiger partial charge < -0.3 is 25.1 Å². The van der Waals surface area contributed by atoms with Crippen molar-refractivity contribution >= 4 is 17.6 Å². The Labute approximate surface area is 165 Å². The lowest BCUT2D eigenvalue weighted by Gasteiger charge is -2.26. The fourth-order valence-electron chi connectivity index (χ4n) is 2.92. The number of rotatable bonds is 7. The maximum atomic E-state index is 12.1. The fraction of sp³-hybridized carbons (Fsp3) is 0.400. The Kier molecular flexibility index (Phi) is 7.45. The summed E-state index contributed by atoms with van der Waals surface area (Å²) in [6, 6.07) is 11.0. The van der Waals surface area contributed by atoms with Gasteiger partial charge in [0.1, 0.15) is 0 Å². The van der Waals surface area contributed by atoms with Gasteiger partial charge in [0.25, 0.3) is 5.91 Å². The number of hydrogen-bond acceptors (Lipinski definition) is 5. The summed E-state index contributed by atoms with van der Waals surface area (Å²) < 4.78 is 10.5. The molecule has 8 nitrogen and oxygen atoms in total. The number of amides is 1. The highest BCUT2D eigenvalue weighted by Gasteiger charge is 2.10. The average molecular weight is 385 g/mol. The molecule has 0 unspecified atom stereocenters. The quantitative estimate of drug-likeness (QED) is 0.495. The number of anilines is 1. The van der Waals surface area contributed by atoms with E-state index in [0.717, 1.165) is 56.6 Å². The second-order valence-electron chi connectivity index (χ2n) is 6.44. The normalized spacial score (nSPS) is 15.2. The summed E-state index contributed by atoms with van der Waals surface area (Å²) in [6.45, 7) is 5.94. The van der Waals surface area contributed by atoms with Gasteiger partial charge in [0.15, 0.2) is 11.7 Å². The zero-order chi connectivity index (χ0) is 19.6. The Bertz CT molecular complexity index is 770. The SMILES string of the molecule is CN=C(NCCN1CCOCC1)NCc1cccc(NC(=O)c2ccco2)c1. The summed E-state index contributed by atoms with van der Waals surface area (Å²) in [5, 5.41) is 9.46. The number of nitrogens with zero attached hydrogens (tertiary/aromatic N) is 2. The molecule has 3 rings (SSSR count). The summed E-state index contributed by atoms with van der Waals surface area (Å²) in [4.78, 5) is 18.7. The number of aliphatic imine (C=N–C) groups is 1. The second kappa shape index (κ2) is 10.5. The van der Waals surface area contributed by atoms with E-state index in [1.54, 1.807) is 19.2 Å². The third-order valence-corrected chi connectivity index (χ3v) is 4.44. The van der Waals surface area contributed by atoms with Crippen molar-refractivity contribution in [3.8, 4) is 0 Å². The van der Waals surface area contributed by atoms with Gasteiger partial charge in [0.2, 0.25) is 0 Å². The molecule has 1 aromatic heterocycles. The molecule has 1 amide bonds. The number of guanidine groups is 1. The maximum Gasteiger partial charge on any atom is 0.291 e. The molecular weight excluding hydrogens is 358 g/mol. The van der Waals surface area contributed by atoms with Gasteiger partial charge in [-0.25, -0.2) is 0 Å². The molecule has 0 bridgehead atoms. The zero-order valence-electron chi connectivity index (χ0n) is 16.1. The molecule has 1 saturated heterocycles. The van der Waals surface area contributed by atoms with Crippen LogP contribution >= 0.6 is 0 Å². The largest absolute Gasteiger partial charge is 0.459 e. The van der Waals surface area contributed by atoms with Crippen molar-refractivity contribution < 1.29 is 13.9 Å². The summed E-state index contributed by atoms with van der Waals surface area (Å²) in [5.74, 6) is 0.766. The monoisotopic (exact) mass is 385 g/mol. The predicted octanol–water partition coefficient (Wildman–Crippen LogP) is 1.53. The van der Waals surface area contributed by atoms with E-state index in [1.165, 1.54) is 6.26 Å². The Morgan fingerprint density at radius 2 is 2.04 bits per heavy atom. The molecule has 0 radical (unpaired) electrons. The first-order chi connectivity index (χ1) is 13.7. The van der Waals surface area contributed by atoms with Gasteiger partial charge in [0, 0.05) is 45.5 Å². The summed E-state index contributed by atoms with van der Waals surface area (Å²) >= 11 is 0. The van der Waals surface area contributed by atoms with Gasteiger partial charge in [-0.2, -0.15) is 0 Å². The lowest BCUT2D eigenvalue weighted by Crippen LogP contribution is -2.44. The van der Waals surface area contributed by atoms with Crippen molar-refractivity contribution in [2.75, 3.05) is 51.8 Å². The van der Waals surface area contributed by atoms with E-state index >= 15 is 0 Å². The van der Waals surface area contributed by atoms with Gasteiger partial charge in [-0.3, -0.25) is 14.7 Å². The minimum atomic E-state index is -0.268. The second-order valence-corrected chi connectivity index (χ2v) is 6.44. The highest BCUT2D eigenvalue weighted by Crippen LogP contribution is 2.12. The number of furan rings is 1. The first kappa shape index (κ1) is 19.9. The highest BCUT2D eigenvalue weighted by atomic mass is 16.5. The molecule has 2 heterocycles. The summed E-state index contributed by atoms with van der Waals surface area (Å²) in [6.07, 6.45) is 1.48. The summed E-state index contributed by atoms with van der Waals surface area (Å²) in [7, 11) is 1.75. The molecule has 0 atom stereocenters. The van der Waals surface area contributed by atoms with Crippen molar-refractivity contribution in [3.05, 3.63) is 54.0 Å². The van der Waals surface area contributed by atoms with Crippen molar-refractivity contribution in [1.82, 2.24) is 15.5 Å². The molecular formula is C20H27N5O3. The molecule has 1 aliphatic rings. The van der Waals surface area contributed by atoms with E-state index in [2.05, 4.69) is 25.8 Å². The standard InChI is InChI=1S/C20H27N5O3/c1-21-20(22-7-8-25-9-12-27-13-10-25)23-15-16-4-2-5-17(14-16)24-19(26)18-6-3-11-28-18/h2-6,11,14H,7-10,12-13,15H2,1H3,(H,24,26)(H2,21,22,23). The van der Waals surface area contributed by atoms with Crippen LogP contribution in [0.2, 0.25) is 0 Å². The number of carbonyl (C=O) groups is 1. The molecule has 8 heteroatoms. The minimum absolute atomic E-state index is 0.268. The van der Waals surface area contributed by atoms with Gasteiger partial charge in [-0.15, -0.1) is 0 Å². The molecule has 3 N–H and O–H groups in total. The van der Waals surface area contributed by atoms with Crippen LogP contribution < -0.4 is 16.0 Å². The minimum Gasteiger partial charge on any atom is -0.459 e. The Hall–Kier alpha value is -2.84. The first-order valence-corrected chi connectivity index (χ1v) is 9.43. The van der Waals surface area contributed by atoms with Crippen LogP contribution in [-0.4, -0.2) is 63.2 Å². The highest BCUT2D eigenvalue weighted by molar-refractivity contribution is 6.02. The van der Waals surface area contributed by atoms with E-state index in [1.807, 2.05) is 24.3 Å². The van der Waals surface area contributed by atoms with E-state index in [9.17, 15) is 4.79 Å². The zero-order valence-corrected chi connectivity index (χ0v) is 16.1. The first-order valence-electron chi connectivity index (χ1n) is 9.43. The average Bonchev–Trinajstić information content (AvgIpc) is 3.27. The lowest BCUT2D eigenvalue weighted by atomic mass is 10.2. The molecule has 0 aliphatic carbocycles. The van der Waals surface area contributed by atoms with Gasteiger partial charge in [0.05, 0.1) is 19.5 Å². The van der Waals surface area contributed by atoms with Crippen LogP contribution in [0.1, 0.15) is 16.1 Å². The van der Waals surface area contributed by atoms with E-state index in [4.69, 9.17) is 9.15 Å². The molecule has 0 saturated carbocycles. The predicted molar refractivity (Wildman–Crippen MR) is 109 cm³/mol. The van der Waals surface area contributed by atoms with Crippen LogP contribution in [-0.2, 0) is 11.3 Å². The van der Waals surface area contributed by atoms with Gasteiger partial charge >= 0.3 is 0 Å².